The molecule has 0 saturated heterocycles. The van der Waals surface area contributed by atoms with Gasteiger partial charge in [0.15, 0.2) is 0 Å². The summed E-state index contributed by atoms with van der Waals surface area (Å²) in [6, 6.07) is 56.8. The molecule has 6 heteroatoms. The quantitative estimate of drug-likeness (QED) is 0.149. The van der Waals surface area contributed by atoms with Crippen molar-refractivity contribution in [3.05, 3.63) is 187 Å². The van der Waals surface area contributed by atoms with Gasteiger partial charge in [-0.1, -0.05) is 134 Å². The third-order valence-electron chi connectivity index (χ3n) is 11.6. The van der Waals surface area contributed by atoms with Gasteiger partial charge in [-0.3, -0.25) is 0 Å². The summed E-state index contributed by atoms with van der Waals surface area (Å²) in [7, 11) is 0. The first-order valence-electron chi connectivity index (χ1n) is 20.1. The molecule has 1 aliphatic rings. The predicted molar refractivity (Wildman–Crippen MR) is 240 cm³/mol. The molecule has 0 amide bonds. The van der Waals surface area contributed by atoms with Gasteiger partial charge >= 0.3 is 0 Å². The van der Waals surface area contributed by atoms with Crippen molar-refractivity contribution in [3.63, 3.8) is 0 Å². The number of hydrogen-bond donors (Lipinski definition) is 0. The van der Waals surface area contributed by atoms with Crippen LogP contribution in [-0.2, 0) is 37.3 Å². The molecule has 0 fully saturated rings. The number of ether oxygens (including phenoxy) is 1. The first kappa shape index (κ1) is 40.2. The Balaban J connectivity index is 0.00000484. The number of anilines is 4. The maximum atomic E-state index is 6.87. The van der Waals surface area contributed by atoms with Crippen LogP contribution in [0, 0.1) is 18.8 Å². The first-order chi connectivity index (χ1) is 27.8. The van der Waals surface area contributed by atoms with E-state index in [4.69, 9.17) is 9.72 Å². The Kier molecular flexibility index (Phi) is 10.3. The molecule has 9 rings (SSSR count). The Morgan fingerprint density at radius 1 is 0.542 bits per heavy atom. The molecule has 5 nitrogen and oxygen atoms in total. The monoisotopic (exact) mass is 952 g/mol. The molecule has 0 aliphatic carbocycles. The summed E-state index contributed by atoms with van der Waals surface area (Å²) in [5.74, 6) is 2.07. The molecule has 2 aromatic heterocycles. The van der Waals surface area contributed by atoms with Crippen LogP contribution in [0.1, 0.15) is 77.6 Å². The standard InChI is InChI=1S/C53H49N4O.Pt/c1-51(2,3)36-22-24-40(25-23-36)55-35-56(48-21-15-14-20-47(48)55)41-30-39(53(7,8)37-16-10-9-11-17-37)31-43(33-41)58-42-26-27-45-44-18-12-13-19-46(44)57(49(45)34-42)50-32-38(28-29-54-50)52(4,5)6;/h9-32,35H,1-8H3;/q-3;. The summed E-state index contributed by atoms with van der Waals surface area (Å²) in [5.41, 5.74) is 10.7. The third-order valence-corrected chi connectivity index (χ3v) is 11.6. The second-order valence-electron chi connectivity index (χ2n) is 17.9. The SMILES string of the molecule is CC(C)(C)c1ccc(N2[CH-]N(c3[c-]c(Oc4[c-]c5c(cc4)c4ccccc4n5-c4cc(C(C)(C)C)ccn4)cc(C(C)(C)c4ccccc4)c3)c3ccccc32)cc1.[Pt]. The Morgan fingerprint density at radius 2 is 1.20 bits per heavy atom. The van der Waals surface area contributed by atoms with Crippen LogP contribution in [0.3, 0.4) is 0 Å². The first-order valence-corrected chi connectivity index (χ1v) is 20.1. The van der Waals surface area contributed by atoms with Crippen molar-refractivity contribution in [1.82, 2.24) is 9.55 Å². The van der Waals surface area contributed by atoms with Crippen LogP contribution in [-0.4, -0.2) is 9.55 Å². The Hall–Kier alpha value is -5.64. The molecule has 8 aromatic rings. The number of hydrogen-bond acceptors (Lipinski definition) is 4. The molecule has 0 spiro atoms. The van der Waals surface area contributed by atoms with E-state index in [9.17, 15) is 0 Å². The normalized spacial score (nSPS) is 13.2. The van der Waals surface area contributed by atoms with Crippen molar-refractivity contribution >= 4 is 44.6 Å². The van der Waals surface area contributed by atoms with Gasteiger partial charge in [0.1, 0.15) is 5.82 Å². The third kappa shape index (κ3) is 7.47. The van der Waals surface area contributed by atoms with Gasteiger partial charge in [-0.2, -0.15) is 6.07 Å². The molecule has 0 saturated carbocycles. The largest absolute Gasteiger partial charge is 0.509 e. The van der Waals surface area contributed by atoms with E-state index >= 15 is 0 Å². The second-order valence-corrected chi connectivity index (χ2v) is 17.9. The van der Waals surface area contributed by atoms with Gasteiger partial charge in [-0.05, 0) is 80.8 Å². The Morgan fingerprint density at radius 3 is 1.92 bits per heavy atom. The molecule has 6 aromatic carbocycles. The number of fused-ring (bicyclic) bond motifs is 4. The van der Waals surface area contributed by atoms with Crippen LogP contribution in [0.2, 0.25) is 0 Å². The maximum Gasteiger partial charge on any atom is 0.135 e. The molecule has 0 atom stereocenters. The van der Waals surface area contributed by atoms with E-state index in [2.05, 4.69) is 222 Å². The zero-order valence-corrected chi connectivity index (χ0v) is 37.2. The van der Waals surface area contributed by atoms with E-state index in [-0.39, 0.29) is 37.3 Å². The number of pyridine rings is 1. The van der Waals surface area contributed by atoms with Gasteiger partial charge < -0.3 is 19.1 Å². The van der Waals surface area contributed by atoms with Crippen LogP contribution in [0.25, 0.3) is 27.6 Å². The average molecular weight is 953 g/mol. The molecular formula is C53H49N4OPt-3. The van der Waals surface area contributed by atoms with E-state index in [1.165, 1.54) is 16.7 Å². The fourth-order valence-electron chi connectivity index (χ4n) is 8.02. The maximum absolute atomic E-state index is 6.87. The fourth-order valence-corrected chi connectivity index (χ4v) is 8.02. The molecule has 0 N–H and O–H groups in total. The van der Waals surface area contributed by atoms with Crippen LogP contribution < -0.4 is 14.5 Å². The molecular weight excluding hydrogens is 904 g/mol. The van der Waals surface area contributed by atoms with Crippen LogP contribution in [0.15, 0.2) is 146 Å². The molecule has 300 valence electrons. The minimum Gasteiger partial charge on any atom is -0.509 e. The van der Waals surface area contributed by atoms with Gasteiger partial charge in [0, 0.05) is 61.3 Å². The molecule has 59 heavy (non-hydrogen) atoms. The zero-order chi connectivity index (χ0) is 40.4. The van der Waals surface area contributed by atoms with Gasteiger partial charge in [0.2, 0.25) is 0 Å². The zero-order valence-electron chi connectivity index (χ0n) is 34.9. The van der Waals surface area contributed by atoms with Crippen molar-refractivity contribution in [2.45, 2.75) is 71.6 Å². The fraction of sp³-hybridized carbons (Fsp3) is 0.208. The minimum atomic E-state index is -0.339. The van der Waals surface area contributed by atoms with Crippen molar-refractivity contribution in [2.24, 2.45) is 0 Å². The van der Waals surface area contributed by atoms with Crippen LogP contribution in [0.5, 0.6) is 11.5 Å². The summed E-state index contributed by atoms with van der Waals surface area (Å²) in [5, 5.41) is 2.23. The molecule has 0 bridgehead atoms. The number of rotatable bonds is 7. The van der Waals surface area contributed by atoms with E-state index in [0.717, 1.165) is 55.9 Å². The number of benzene rings is 6. The van der Waals surface area contributed by atoms with Crippen molar-refractivity contribution in [3.8, 4) is 17.3 Å². The molecule has 0 radical (unpaired) electrons. The van der Waals surface area contributed by atoms with E-state index < -0.39 is 0 Å². The van der Waals surface area contributed by atoms with Gasteiger partial charge in [0.25, 0.3) is 0 Å². The summed E-state index contributed by atoms with van der Waals surface area (Å²) in [6.07, 6.45) is 1.91. The van der Waals surface area contributed by atoms with Crippen LogP contribution in [0.4, 0.5) is 22.7 Å². The molecule has 1 aliphatic heterocycles. The number of nitrogens with zero attached hydrogens (tertiary/aromatic N) is 4. The van der Waals surface area contributed by atoms with Crippen LogP contribution >= 0.6 is 0 Å². The van der Waals surface area contributed by atoms with Gasteiger partial charge in [-0.25, -0.2) is 4.98 Å². The topological polar surface area (TPSA) is 33.5 Å². The summed E-state index contributed by atoms with van der Waals surface area (Å²) >= 11 is 0. The Bertz CT molecular complexity index is 2790. The van der Waals surface area contributed by atoms with E-state index in [1.54, 1.807) is 0 Å². The Labute approximate surface area is 363 Å². The molecule has 0 unspecified atom stereocenters. The van der Waals surface area contributed by atoms with Gasteiger partial charge in [0.05, 0.1) is 0 Å². The van der Waals surface area contributed by atoms with E-state index in [1.807, 2.05) is 12.3 Å². The second kappa shape index (κ2) is 15.2. The van der Waals surface area contributed by atoms with Crippen molar-refractivity contribution < 1.29 is 25.8 Å². The number of para-hydroxylation sites is 3. The average Bonchev–Trinajstić information content (AvgIpc) is 3.77. The van der Waals surface area contributed by atoms with Gasteiger partial charge in [-0.15, -0.1) is 53.6 Å². The minimum absolute atomic E-state index is 0. The summed E-state index contributed by atoms with van der Waals surface area (Å²) in [6.45, 7) is 20.1. The molecule has 3 heterocycles. The summed E-state index contributed by atoms with van der Waals surface area (Å²) < 4.78 is 9.07. The summed E-state index contributed by atoms with van der Waals surface area (Å²) in [4.78, 5) is 9.36. The van der Waals surface area contributed by atoms with Crippen molar-refractivity contribution in [1.29, 1.82) is 0 Å². The van der Waals surface area contributed by atoms with E-state index in [0.29, 0.717) is 11.5 Å². The smallest absolute Gasteiger partial charge is 0.135 e. The van der Waals surface area contributed by atoms with Crippen molar-refractivity contribution in [2.75, 3.05) is 9.80 Å². The number of aromatic nitrogens is 2. The predicted octanol–water partition coefficient (Wildman–Crippen LogP) is 13.9.